The van der Waals surface area contributed by atoms with Crippen LogP contribution in [0, 0.1) is 0 Å². The zero-order valence-electron chi connectivity index (χ0n) is 31.6. The molecular weight excluding hydrogens is 721 g/mol. The molecule has 3 heterocycles. The van der Waals surface area contributed by atoms with Gasteiger partial charge >= 0.3 is 0 Å². The second-order valence-electron chi connectivity index (χ2n) is 15.2. The minimum atomic E-state index is -3.00. The van der Waals surface area contributed by atoms with Crippen LogP contribution in [0.3, 0.4) is 0 Å². The maximum Gasteiger partial charge on any atom is 0.179 e. The topological polar surface area (TPSA) is 23.0 Å². The van der Waals surface area contributed by atoms with Gasteiger partial charge in [-0.2, -0.15) is 0 Å². The van der Waals surface area contributed by atoms with Crippen molar-refractivity contribution in [3.05, 3.63) is 218 Å². The van der Waals surface area contributed by atoms with Crippen LogP contribution in [-0.2, 0) is 0 Å². The Kier molecular flexibility index (Phi) is 7.25. The van der Waals surface area contributed by atoms with Gasteiger partial charge in [0.15, 0.2) is 8.07 Å². The minimum absolute atomic E-state index is 0.897. The first kappa shape index (κ1) is 32.8. The van der Waals surface area contributed by atoms with Crippen LogP contribution in [0.1, 0.15) is 0 Å². The van der Waals surface area contributed by atoms with Crippen molar-refractivity contribution in [1.29, 1.82) is 0 Å². The molecule has 0 saturated heterocycles. The number of rotatable bonds is 6. The number of nitrogens with zero attached hydrogens (tertiary/aromatic N) is 2. The third-order valence-corrected chi connectivity index (χ3v) is 17.0. The Morgan fingerprint density at radius 3 is 1.55 bits per heavy atom. The van der Waals surface area contributed by atoms with Crippen LogP contribution in [0.15, 0.2) is 223 Å². The molecule has 0 N–H and O–H groups in total. The molecule has 0 atom stereocenters. The summed E-state index contributed by atoms with van der Waals surface area (Å²) in [6.45, 7) is 0. The highest BCUT2D eigenvalue weighted by atomic mass is 28.3. The maximum atomic E-state index is 6.49. The Bertz CT molecular complexity index is 3470. The van der Waals surface area contributed by atoms with Gasteiger partial charge in [0.25, 0.3) is 0 Å². The number of benzene rings is 9. The van der Waals surface area contributed by atoms with E-state index in [4.69, 9.17) is 4.42 Å². The van der Waals surface area contributed by atoms with Crippen LogP contribution in [0.25, 0.3) is 76.9 Å². The van der Waals surface area contributed by atoms with Crippen LogP contribution in [0.2, 0.25) is 0 Å². The van der Waals surface area contributed by atoms with Crippen molar-refractivity contribution in [2.75, 3.05) is 0 Å². The molecule has 12 aromatic rings. The predicted molar refractivity (Wildman–Crippen MR) is 246 cm³/mol. The third-order valence-electron chi connectivity index (χ3n) is 12.2. The minimum Gasteiger partial charge on any atom is -0.456 e. The average molecular weight is 757 g/mol. The number of furan rings is 1. The molecule has 0 bridgehead atoms. The van der Waals surface area contributed by atoms with E-state index in [0.717, 1.165) is 33.3 Å². The number of fused-ring (bicyclic) bond motifs is 10. The van der Waals surface area contributed by atoms with Crippen LogP contribution >= 0.6 is 0 Å². The molecule has 0 aliphatic heterocycles. The second-order valence-corrected chi connectivity index (χ2v) is 19.0. The van der Waals surface area contributed by atoms with Crippen molar-refractivity contribution < 1.29 is 4.42 Å². The zero-order chi connectivity index (χ0) is 38.2. The van der Waals surface area contributed by atoms with Gasteiger partial charge in [-0.05, 0) is 81.4 Å². The lowest BCUT2D eigenvalue weighted by Crippen LogP contribution is -2.74. The standard InChI is InChI=1S/C54H36N2OSi/c1-4-17-37(18-5-1)55-48-28-13-10-25-43(48)45-32-31-42(36-50(45)55)58(39-20-6-2-7-21-39,40-22-8-3-9-23-40)41-24-16-19-38(35-41)56-49-29-14-11-26-44(49)46-33-34-52-53(54(46)56)47-27-12-15-30-51(47)57-52/h1-36H. The third kappa shape index (κ3) is 4.67. The van der Waals surface area contributed by atoms with E-state index in [1.165, 1.54) is 64.4 Å². The maximum absolute atomic E-state index is 6.49. The van der Waals surface area contributed by atoms with E-state index >= 15 is 0 Å². The Morgan fingerprint density at radius 2 is 0.828 bits per heavy atom. The van der Waals surface area contributed by atoms with Gasteiger partial charge in [-0.3, -0.25) is 0 Å². The molecule has 12 rings (SSSR count). The van der Waals surface area contributed by atoms with Gasteiger partial charge < -0.3 is 13.6 Å². The van der Waals surface area contributed by atoms with Crippen molar-refractivity contribution in [2.24, 2.45) is 0 Å². The molecular formula is C54H36N2OSi. The molecule has 9 aromatic carbocycles. The summed E-state index contributed by atoms with van der Waals surface area (Å²) in [6, 6.07) is 80.4. The van der Waals surface area contributed by atoms with Gasteiger partial charge in [0.2, 0.25) is 0 Å². The predicted octanol–water partition coefficient (Wildman–Crippen LogP) is 11.2. The molecule has 0 saturated carbocycles. The molecule has 0 spiro atoms. The smallest absolute Gasteiger partial charge is 0.179 e. The highest BCUT2D eigenvalue weighted by Gasteiger charge is 2.42. The fourth-order valence-electron chi connectivity index (χ4n) is 9.85. The Hall–Kier alpha value is -7.40. The van der Waals surface area contributed by atoms with Gasteiger partial charge in [0.1, 0.15) is 11.2 Å². The van der Waals surface area contributed by atoms with Crippen LogP contribution < -0.4 is 20.7 Å². The SMILES string of the molecule is c1ccc(-n2c3ccccc3c3ccc([Si](c4ccccc4)(c4ccccc4)c4cccc(-n5c6ccccc6c6ccc7oc8ccccc8c7c65)c4)cc32)cc1. The van der Waals surface area contributed by atoms with E-state index < -0.39 is 8.07 Å². The Morgan fingerprint density at radius 1 is 0.310 bits per heavy atom. The zero-order valence-corrected chi connectivity index (χ0v) is 32.6. The van der Waals surface area contributed by atoms with E-state index in [2.05, 4.69) is 228 Å². The average Bonchev–Trinajstić information content (AvgIpc) is 3.95. The van der Waals surface area contributed by atoms with E-state index in [1.807, 2.05) is 0 Å². The van der Waals surface area contributed by atoms with Crippen LogP contribution in [0.4, 0.5) is 0 Å². The highest BCUT2D eigenvalue weighted by Crippen LogP contribution is 2.41. The summed E-state index contributed by atoms with van der Waals surface area (Å²) >= 11 is 0. The quantitative estimate of drug-likeness (QED) is 0.122. The first-order valence-electron chi connectivity index (χ1n) is 19.9. The number of hydrogen-bond acceptors (Lipinski definition) is 1. The molecule has 0 aliphatic rings. The lowest BCUT2D eigenvalue weighted by atomic mass is 10.1. The van der Waals surface area contributed by atoms with Gasteiger partial charge in [-0.25, -0.2) is 0 Å². The number of hydrogen-bond donors (Lipinski definition) is 0. The normalized spacial score (nSPS) is 12.1. The molecule has 0 amide bonds. The fourth-order valence-corrected chi connectivity index (χ4v) is 14.6. The van der Waals surface area contributed by atoms with Crippen molar-refractivity contribution >= 4 is 94.4 Å². The molecule has 0 aliphatic carbocycles. The van der Waals surface area contributed by atoms with Crippen molar-refractivity contribution in [1.82, 2.24) is 9.13 Å². The number of aromatic nitrogens is 2. The van der Waals surface area contributed by atoms with E-state index in [-0.39, 0.29) is 0 Å². The second kappa shape index (κ2) is 12.8. The van der Waals surface area contributed by atoms with E-state index in [9.17, 15) is 0 Å². The summed E-state index contributed by atoms with van der Waals surface area (Å²) < 4.78 is 11.4. The molecule has 0 unspecified atom stereocenters. The largest absolute Gasteiger partial charge is 0.456 e. The molecule has 0 radical (unpaired) electrons. The van der Waals surface area contributed by atoms with Crippen LogP contribution in [-0.4, -0.2) is 17.2 Å². The number of para-hydroxylation sites is 4. The first-order valence-corrected chi connectivity index (χ1v) is 21.9. The van der Waals surface area contributed by atoms with Gasteiger partial charge in [-0.1, -0.05) is 158 Å². The fraction of sp³-hybridized carbons (Fsp3) is 0. The van der Waals surface area contributed by atoms with E-state index in [0.29, 0.717) is 0 Å². The van der Waals surface area contributed by atoms with E-state index in [1.54, 1.807) is 0 Å². The van der Waals surface area contributed by atoms with Gasteiger partial charge in [0, 0.05) is 38.3 Å². The lowest BCUT2D eigenvalue weighted by molar-refractivity contribution is 0.669. The summed E-state index contributed by atoms with van der Waals surface area (Å²) in [5.41, 5.74) is 8.84. The summed E-state index contributed by atoms with van der Waals surface area (Å²) in [5.74, 6) is 0. The van der Waals surface area contributed by atoms with Gasteiger partial charge in [0.05, 0.1) is 27.5 Å². The molecule has 58 heavy (non-hydrogen) atoms. The Labute approximate surface area is 336 Å². The monoisotopic (exact) mass is 756 g/mol. The summed E-state index contributed by atoms with van der Waals surface area (Å²) in [5, 5.41) is 12.5. The van der Waals surface area contributed by atoms with Crippen molar-refractivity contribution in [3.8, 4) is 11.4 Å². The van der Waals surface area contributed by atoms with Crippen molar-refractivity contribution in [2.45, 2.75) is 0 Å². The summed E-state index contributed by atoms with van der Waals surface area (Å²) in [7, 11) is -3.00. The lowest BCUT2D eigenvalue weighted by Gasteiger charge is -2.35. The summed E-state index contributed by atoms with van der Waals surface area (Å²) in [6.07, 6.45) is 0. The molecule has 4 heteroatoms. The Balaban J connectivity index is 1.20. The summed E-state index contributed by atoms with van der Waals surface area (Å²) in [4.78, 5) is 0. The van der Waals surface area contributed by atoms with Crippen LogP contribution in [0.5, 0.6) is 0 Å². The first-order chi connectivity index (χ1) is 28.8. The molecule has 272 valence electrons. The molecule has 0 fully saturated rings. The van der Waals surface area contributed by atoms with Crippen molar-refractivity contribution in [3.63, 3.8) is 0 Å². The molecule has 3 aromatic heterocycles. The van der Waals surface area contributed by atoms with Gasteiger partial charge in [-0.15, -0.1) is 0 Å². The highest BCUT2D eigenvalue weighted by molar-refractivity contribution is 7.20. The molecule has 3 nitrogen and oxygen atoms in total.